The van der Waals surface area contributed by atoms with Gasteiger partial charge in [0.05, 0.1) is 23.7 Å². The van der Waals surface area contributed by atoms with Crippen LogP contribution in [0.15, 0.2) is 41.2 Å². The minimum absolute atomic E-state index is 0.0535. The number of hydrogen-bond donors (Lipinski definition) is 3. The molecule has 0 radical (unpaired) electrons. The van der Waals surface area contributed by atoms with Crippen molar-refractivity contribution in [3.05, 3.63) is 69.7 Å². The second-order valence-electron chi connectivity index (χ2n) is 8.77. The standard InChI is InChI=1S/C25H28F2N4O4/c1-3-5-14-6-9-19-22-21(23(33)28-10-4-2)16(13-32)20(12-30(19)24(14)34)31(22)25(35)29-18-11-15(26)7-8-17(18)27/h3,5-9,11,16,20-22,32H,4,10,12-13H2,1-2H3,(H,28,33)(H,29,35)/b5-3+/t16-,20-,21+,22+/m0/s1. The van der Waals surface area contributed by atoms with Crippen LogP contribution in [0.3, 0.4) is 0 Å². The van der Waals surface area contributed by atoms with Crippen LogP contribution >= 0.6 is 0 Å². The van der Waals surface area contributed by atoms with Gasteiger partial charge in [0, 0.05) is 42.9 Å². The van der Waals surface area contributed by atoms with Crippen molar-refractivity contribution in [1.29, 1.82) is 0 Å². The summed E-state index contributed by atoms with van der Waals surface area (Å²) in [6, 6.07) is 3.70. The Bertz CT molecular complexity index is 1230. The number of halogens is 2. The molecule has 2 aromatic rings. The van der Waals surface area contributed by atoms with E-state index in [1.807, 2.05) is 6.92 Å². The van der Waals surface area contributed by atoms with E-state index < -0.39 is 48.2 Å². The minimum atomic E-state index is -0.883. The number of anilines is 1. The predicted molar refractivity (Wildman–Crippen MR) is 127 cm³/mol. The van der Waals surface area contributed by atoms with Crippen LogP contribution in [0.4, 0.5) is 19.3 Å². The third-order valence-corrected chi connectivity index (χ3v) is 6.68. The van der Waals surface area contributed by atoms with Gasteiger partial charge in [0.25, 0.3) is 5.56 Å². The van der Waals surface area contributed by atoms with Gasteiger partial charge in [-0.15, -0.1) is 0 Å². The predicted octanol–water partition coefficient (Wildman–Crippen LogP) is 2.88. The van der Waals surface area contributed by atoms with Crippen LogP contribution in [0.1, 0.15) is 37.6 Å². The molecule has 1 saturated heterocycles. The fourth-order valence-corrected chi connectivity index (χ4v) is 5.15. The Morgan fingerprint density at radius 2 is 2.00 bits per heavy atom. The van der Waals surface area contributed by atoms with E-state index in [9.17, 15) is 28.3 Å². The number of rotatable bonds is 6. The average Bonchev–Trinajstić information content (AvgIpc) is 3.08. The molecule has 4 rings (SSSR count). The summed E-state index contributed by atoms with van der Waals surface area (Å²) in [5.41, 5.74) is 0.302. The van der Waals surface area contributed by atoms with Crippen molar-refractivity contribution in [2.45, 2.75) is 38.9 Å². The molecule has 4 atom stereocenters. The van der Waals surface area contributed by atoms with Gasteiger partial charge >= 0.3 is 6.03 Å². The van der Waals surface area contributed by atoms with Gasteiger partial charge in [0.15, 0.2) is 0 Å². The number of nitrogens with zero attached hydrogens (tertiary/aromatic N) is 2. The SMILES string of the molecule is C/C=C/c1ccc2n(c1=O)C[C@H]1[C@H](CO)[C@@H](C(=O)NCCC)[C@@H]2N1C(=O)Nc1cc(F)ccc1F. The summed E-state index contributed by atoms with van der Waals surface area (Å²) in [4.78, 5) is 41.2. The molecule has 0 unspecified atom stereocenters. The Kier molecular flexibility index (Phi) is 7.02. The van der Waals surface area contributed by atoms with E-state index in [0.717, 1.165) is 18.2 Å². The van der Waals surface area contributed by atoms with Crippen LogP contribution in [0.5, 0.6) is 0 Å². The second kappa shape index (κ2) is 9.99. The molecular formula is C25H28F2N4O4. The quantitative estimate of drug-likeness (QED) is 0.584. The Hall–Kier alpha value is -3.53. The lowest BCUT2D eigenvalue weighted by atomic mass is 9.86. The van der Waals surface area contributed by atoms with E-state index in [0.29, 0.717) is 24.2 Å². The van der Waals surface area contributed by atoms with E-state index in [2.05, 4.69) is 10.6 Å². The maximum absolute atomic E-state index is 14.2. The van der Waals surface area contributed by atoms with E-state index in [1.54, 1.807) is 31.2 Å². The Balaban J connectivity index is 1.80. The first-order valence-electron chi connectivity index (χ1n) is 11.6. The molecule has 1 fully saturated rings. The zero-order valence-electron chi connectivity index (χ0n) is 19.5. The van der Waals surface area contributed by atoms with Crippen molar-refractivity contribution in [2.75, 3.05) is 18.5 Å². The zero-order chi connectivity index (χ0) is 25.3. The number of hydrogen-bond acceptors (Lipinski definition) is 4. The first kappa shape index (κ1) is 24.6. The third-order valence-electron chi connectivity index (χ3n) is 6.68. The van der Waals surface area contributed by atoms with E-state index in [1.165, 1.54) is 9.47 Å². The molecule has 0 saturated carbocycles. The first-order valence-corrected chi connectivity index (χ1v) is 11.6. The number of carbonyl (C=O) groups is 2. The summed E-state index contributed by atoms with van der Waals surface area (Å²) in [5, 5.41) is 15.5. The van der Waals surface area contributed by atoms with Crippen molar-refractivity contribution < 1.29 is 23.5 Å². The van der Waals surface area contributed by atoms with Crippen LogP contribution in [-0.2, 0) is 11.3 Å². The zero-order valence-corrected chi connectivity index (χ0v) is 19.5. The van der Waals surface area contributed by atoms with E-state index in [4.69, 9.17) is 0 Å². The number of fused-ring (bicyclic) bond motifs is 4. The number of aliphatic hydroxyl groups is 1. The second-order valence-corrected chi connectivity index (χ2v) is 8.77. The first-order chi connectivity index (χ1) is 16.8. The summed E-state index contributed by atoms with van der Waals surface area (Å²) in [6.07, 6.45) is 4.12. The number of benzene rings is 1. The highest BCUT2D eigenvalue weighted by atomic mass is 19.1. The van der Waals surface area contributed by atoms with Crippen LogP contribution in [0.2, 0.25) is 0 Å². The van der Waals surface area contributed by atoms with Crippen molar-refractivity contribution in [2.24, 2.45) is 11.8 Å². The molecular weight excluding hydrogens is 458 g/mol. The maximum atomic E-state index is 14.2. The van der Waals surface area contributed by atoms with Crippen LogP contribution < -0.4 is 16.2 Å². The van der Waals surface area contributed by atoms with Gasteiger partial charge in [-0.2, -0.15) is 0 Å². The molecule has 2 aliphatic heterocycles. The Morgan fingerprint density at radius 1 is 1.23 bits per heavy atom. The number of pyridine rings is 1. The van der Waals surface area contributed by atoms with Crippen molar-refractivity contribution in [3.63, 3.8) is 0 Å². The molecule has 3 N–H and O–H groups in total. The number of aromatic nitrogens is 1. The van der Waals surface area contributed by atoms with Gasteiger partial charge in [0.2, 0.25) is 5.91 Å². The summed E-state index contributed by atoms with van der Waals surface area (Å²) >= 11 is 0. The lowest BCUT2D eigenvalue weighted by molar-refractivity contribution is -0.127. The lowest BCUT2D eigenvalue weighted by Crippen LogP contribution is -2.50. The molecule has 0 spiro atoms. The van der Waals surface area contributed by atoms with Crippen LogP contribution in [-0.4, -0.2) is 45.7 Å². The normalized spacial score (nSPS) is 22.8. The van der Waals surface area contributed by atoms with Gasteiger partial charge in [-0.1, -0.05) is 19.1 Å². The number of carbonyl (C=O) groups excluding carboxylic acids is 2. The molecule has 3 amide bonds. The molecule has 186 valence electrons. The topological polar surface area (TPSA) is 104 Å². The highest BCUT2D eigenvalue weighted by Gasteiger charge is 2.57. The smallest absolute Gasteiger partial charge is 0.322 e. The van der Waals surface area contributed by atoms with Gasteiger partial charge < -0.3 is 25.2 Å². The van der Waals surface area contributed by atoms with Crippen LogP contribution in [0, 0.1) is 23.5 Å². The third kappa shape index (κ3) is 4.34. The highest BCUT2D eigenvalue weighted by molar-refractivity contribution is 5.92. The molecule has 3 heterocycles. The highest BCUT2D eigenvalue weighted by Crippen LogP contribution is 2.48. The Labute approximate surface area is 201 Å². The summed E-state index contributed by atoms with van der Waals surface area (Å²) < 4.78 is 29.5. The van der Waals surface area contributed by atoms with Crippen LogP contribution in [0.25, 0.3) is 6.08 Å². The number of aliphatic hydroxyl groups excluding tert-OH is 1. The monoisotopic (exact) mass is 486 g/mol. The summed E-state index contributed by atoms with van der Waals surface area (Å²) in [5.74, 6) is -3.37. The van der Waals surface area contributed by atoms with Crippen molar-refractivity contribution in [3.8, 4) is 0 Å². The van der Waals surface area contributed by atoms with Gasteiger partial charge in [0.1, 0.15) is 11.6 Å². The molecule has 2 bridgehead atoms. The molecule has 35 heavy (non-hydrogen) atoms. The molecule has 0 aliphatic carbocycles. The number of nitrogens with one attached hydrogen (secondary N) is 2. The van der Waals surface area contributed by atoms with E-state index in [-0.39, 0.29) is 23.7 Å². The van der Waals surface area contributed by atoms with E-state index >= 15 is 0 Å². The van der Waals surface area contributed by atoms with Gasteiger partial charge in [-0.3, -0.25) is 9.59 Å². The number of urea groups is 1. The van der Waals surface area contributed by atoms with Gasteiger partial charge in [-0.05, 0) is 37.6 Å². The summed E-state index contributed by atoms with van der Waals surface area (Å²) in [7, 11) is 0. The molecule has 8 nitrogen and oxygen atoms in total. The molecule has 2 aliphatic rings. The Morgan fingerprint density at radius 3 is 2.69 bits per heavy atom. The average molecular weight is 487 g/mol. The molecule has 1 aromatic carbocycles. The fourth-order valence-electron chi connectivity index (χ4n) is 5.15. The van der Waals surface area contributed by atoms with Gasteiger partial charge in [-0.25, -0.2) is 13.6 Å². The lowest BCUT2D eigenvalue weighted by Gasteiger charge is -2.38. The minimum Gasteiger partial charge on any atom is -0.396 e. The van der Waals surface area contributed by atoms with Crippen molar-refractivity contribution >= 4 is 23.7 Å². The maximum Gasteiger partial charge on any atom is 0.322 e. The number of amides is 3. The summed E-state index contributed by atoms with van der Waals surface area (Å²) in [6.45, 7) is 3.77. The van der Waals surface area contributed by atoms with Crippen molar-refractivity contribution in [1.82, 2.24) is 14.8 Å². The molecule has 1 aromatic heterocycles. The fraction of sp³-hybridized carbons (Fsp3) is 0.400. The number of allylic oxidation sites excluding steroid dienone is 1. The molecule has 10 heteroatoms. The largest absolute Gasteiger partial charge is 0.396 e.